The van der Waals surface area contributed by atoms with Gasteiger partial charge < -0.3 is 14.8 Å². The lowest BCUT2D eigenvalue weighted by molar-refractivity contribution is -0.137. The average Bonchev–Trinajstić information content (AvgIpc) is 2.83. The lowest BCUT2D eigenvalue weighted by Gasteiger charge is -2.13. The molecule has 4 nitrogen and oxygen atoms in total. The summed E-state index contributed by atoms with van der Waals surface area (Å²) in [4.78, 5) is 12.4. The summed E-state index contributed by atoms with van der Waals surface area (Å²) in [6.07, 6.45) is -1.91. The molecule has 0 saturated heterocycles. The third-order valence-electron chi connectivity index (χ3n) is 4.15. The van der Waals surface area contributed by atoms with Crippen LogP contribution < -0.4 is 14.8 Å². The molecular weight excluding hydrogens is 359 g/mol. The number of carbonyl (C=O) groups is 1. The third-order valence-corrected chi connectivity index (χ3v) is 4.15. The topological polar surface area (TPSA) is 47.6 Å². The fourth-order valence-corrected chi connectivity index (χ4v) is 2.85. The van der Waals surface area contributed by atoms with Gasteiger partial charge in [-0.05, 0) is 42.7 Å². The number of methoxy groups -OCH3 is 1. The number of alkyl halides is 3. The van der Waals surface area contributed by atoms with Gasteiger partial charge in [-0.15, -0.1) is 0 Å². The first kappa shape index (κ1) is 18.8. The van der Waals surface area contributed by atoms with Gasteiger partial charge >= 0.3 is 6.18 Å². The first-order valence-corrected chi connectivity index (χ1v) is 8.37. The molecule has 2 aromatic rings. The predicted molar refractivity (Wildman–Crippen MR) is 95.8 cm³/mol. The van der Waals surface area contributed by atoms with E-state index in [1.165, 1.54) is 19.3 Å². The summed E-state index contributed by atoms with van der Waals surface area (Å²) in [5, 5.41) is 2.73. The molecule has 1 aliphatic heterocycles. The average molecular weight is 377 g/mol. The molecule has 0 atom stereocenters. The van der Waals surface area contributed by atoms with Crippen LogP contribution in [0.5, 0.6) is 11.5 Å². The summed E-state index contributed by atoms with van der Waals surface area (Å²) in [5.41, 5.74) is 0.926. The molecule has 0 aliphatic carbocycles. The molecule has 0 radical (unpaired) electrons. The highest BCUT2D eigenvalue weighted by Gasteiger charge is 2.32. The number of halogens is 3. The zero-order valence-electron chi connectivity index (χ0n) is 14.6. The van der Waals surface area contributed by atoms with E-state index >= 15 is 0 Å². The SMILES string of the molecule is COc1cccc(NC(=O)/C=C2\CCCOc3cc(C(F)(F)F)ccc32)c1. The fourth-order valence-electron chi connectivity index (χ4n) is 2.85. The molecule has 0 saturated carbocycles. The van der Waals surface area contributed by atoms with Crippen molar-refractivity contribution in [2.75, 3.05) is 19.0 Å². The van der Waals surface area contributed by atoms with Gasteiger partial charge in [0.2, 0.25) is 5.91 Å². The molecule has 0 spiro atoms. The van der Waals surface area contributed by atoms with Crippen LogP contribution in [-0.2, 0) is 11.0 Å². The molecule has 1 aliphatic rings. The molecule has 0 aromatic heterocycles. The lowest BCUT2D eigenvalue weighted by atomic mass is 9.99. The minimum Gasteiger partial charge on any atom is -0.497 e. The van der Waals surface area contributed by atoms with Crippen LogP contribution in [0.1, 0.15) is 24.0 Å². The Balaban J connectivity index is 1.86. The quantitative estimate of drug-likeness (QED) is 0.774. The predicted octanol–water partition coefficient (Wildman–Crippen LogP) is 4.91. The number of allylic oxidation sites excluding steroid dienone is 1. The molecule has 0 bridgehead atoms. The van der Waals surface area contributed by atoms with E-state index < -0.39 is 11.7 Å². The normalized spacial score (nSPS) is 15.5. The van der Waals surface area contributed by atoms with E-state index in [4.69, 9.17) is 9.47 Å². The number of hydrogen-bond acceptors (Lipinski definition) is 3. The molecule has 3 rings (SSSR count). The molecule has 0 unspecified atom stereocenters. The van der Waals surface area contributed by atoms with Crippen molar-refractivity contribution >= 4 is 17.2 Å². The molecular formula is C20H18F3NO3. The van der Waals surface area contributed by atoms with Crippen molar-refractivity contribution in [1.82, 2.24) is 0 Å². The van der Waals surface area contributed by atoms with Crippen molar-refractivity contribution in [3.63, 3.8) is 0 Å². The maximum Gasteiger partial charge on any atom is 0.416 e. The minimum absolute atomic E-state index is 0.141. The Bertz CT molecular complexity index is 875. The highest BCUT2D eigenvalue weighted by atomic mass is 19.4. The Morgan fingerprint density at radius 3 is 2.78 bits per heavy atom. The van der Waals surface area contributed by atoms with E-state index in [-0.39, 0.29) is 11.7 Å². The number of hydrogen-bond donors (Lipinski definition) is 1. The number of nitrogens with one attached hydrogen (secondary N) is 1. The Kier molecular flexibility index (Phi) is 5.39. The standard InChI is InChI=1S/C20H18F3NO3/c1-26-16-6-2-5-15(12-16)24-19(25)10-13-4-3-9-27-18-11-14(20(21,22)23)7-8-17(13)18/h2,5-8,10-12H,3-4,9H2,1H3,(H,24,25)/b13-10+. The monoisotopic (exact) mass is 377 g/mol. The summed E-state index contributed by atoms with van der Waals surface area (Å²) >= 11 is 0. The van der Waals surface area contributed by atoms with Crippen LogP contribution in [0.3, 0.4) is 0 Å². The highest BCUT2D eigenvalue weighted by molar-refractivity contribution is 6.04. The number of rotatable bonds is 3. The van der Waals surface area contributed by atoms with Crippen LogP contribution in [0.15, 0.2) is 48.5 Å². The van der Waals surface area contributed by atoms with Crippen molar-refractivity contribution in [3.05, 3.63) is 59.7 Å². The fraction of sp³-hybridized carbons (Fsp3) is 0.250. The number of fused-ring (bicyclic) bond motifs is 1. The summed E-state index contributed by atoms with van der Waals surface area (Å²) in [6, 6.07) is 10.2. The lowest BCUT2D eigenvalue weighted by Crippen LogP contribution is -2.09. The van der Waals surface area contributed by atoms with E-state index in [2.05, 4.69) is 5.32 Å². The van der Waals surface area contributed by atoms with Crippen LogP contribution in [0.2, 0.25) is 0 Å². The van der Waals surface area contributed by atoms with Crippen molar-refractivity contribution in [1.29, 1.82) is 0 Å². The number of amides is 1. The zero-order chi connectivity index (χ0) is 19.4. The number of benzene rings is 2. The molecule has 2 aromatic carbocycles. The van der Waals surface area contributed by atoms with E-state index in [9.17, 15) is 18.0 Å². The molecule has 1 amide bonds. The first-order valence-electron chi connectivity index (χ1n) is 8.37. The minimum atomic E-state index is -4.45. The largest absolute Gasteiger partial charge is 0.497 e. The molecule has 1 heterocycles. The Morgan fingerprint density at radius 2 is 2.04 bits per heavy atom. The molecule has 1 N–H and O–H groups in total. The smallest absolute Gasteiger partial charge is 0.416 e. The van der Waals surface area contributed by atoms with Crippen LogP contribution in [0.4, 0.5) is 18.9 Å². The van der Waals surface area contributed by atoms with Gasteiger partial charge in [0.25, 0.3) is 0 Å². The van der Waals surface area contributed by atoms with Crippen molar-refractivity contribution in [2.24, 2.45) is 0 Å². The van der Waals surface area contributed by atoms with Gasteiger partial charge in [-0.3, -0.25) is 4.79 Å². The second kappa shape index (κ2) is 7.73. The van der Waals surface area contributed by atoms with Crippen molar-refractivity contribution < 1.29 is 27.4 Å². The van der Waals surface area contributed by atoms with E-state index in [1.807, 2.05) is 0 Å². The number of carbonyl (C=O) groups excluding carboxylic acids is 1. The Morgan fingerprint density at radius 1 is 1.22 bits per heavy atom. The van der Waals surface area contributed by atoms with Gasteiger partial charge in [0.1, 0.15) is 11.5 Å². The van der Waals surface area contributed by atoms with E-state index in [0.29, 0.717) is 42.0 Å². The van der Waals surface area contributed by atoms with Crippen LogP contribution in [-0.4, -0.2) is 19.6 Å². The van der Waals surface area contributed by atoms with Gasteiger partial charge in [0, 0.05) is 23.4 Å². The zero-order valence-corrected chi connectivity index (χ0v) is 14.6. The molecule has 142 valence electrons. The van der Waals surface area contributed by atoms with Crippen LogP contribution in [0.25, 0.3) is 5.57 Å². The number of anilines is 1. The second-order valence-corrected chi connectivity index (χ2v) is 6.05. The van der Waals surface area contributed by atoms with Gasteiger partial charge in [0.15, 0.2) is 0 Å². The number of ether oxygens (including phenoxy) is 2. The summed E-state index contributed by atoms with van der Waals surface area (Å²) in [7, 11) is 1.53. The van der Waals surface area contributed by atoms with Gasteiger partial charge in [-0.25, -0.2) is 0 Å². The van der Waals surface area contributed by atoms with Crippen molar-refractivity contribution in [2.45, 2.75) is 19.0 Å². The summed E-state index contributed by atoms with van der Waals surface area (Å²) in [6.45, 7) is 0.295. The van der Waals surface area contributed by atoms with Crippen molar-refractivity contribution in [3.8, 4) is 11.5 Å². The Hall–Kier alpha value is -2.96. The highest BCUT2D eigenvalue weighted by Crippen LogP contribution is 2.38. The van der Waals surface area contributed by atoms with Gasteiger partial charge in [-0.2, -0.15) is 13.2 Å². The molecule has 27 heavy (non-hydrogen) atoms. The summed E-state index contributed by atoms with van der Waals surface area (Å²) in [5.74, 6) is 0.377. The van der Waals surface area contributed by atoms with Gasteiger partial charge in [-0.1, -0.05) is 12.1 Å². The third kappa shape index (κ3) is 4.61. The van der Waals surface area contributed by atoms with Crippen LogP contribution in [0, 0.1) is 0 Å². The maximum atomic E-state index is 12.9. The van der Waals surface area contributed by atoms with Gasteiger partial charge in [0.05, 0.1) is 19.3 Å². The van der Waals surface area contributed by atoms with E-state index in [0.717, 1.165) is 12.1 Å². The van der Waals surface area contributed by atoms with E-state index in [1.54, 1.807) is 24.3 Å². The Labute approximate surface area is 154 Å². The molecule has 7 heteroatoms. The first-order chi connectivity index (χ1) is 12.9. The second-order valence-electron chi connectivity index (χ2n) is 6.05. The van der Waals surface area contributed by atoms with Crippen LogP contribution >= 0.6 is 0 Å². The maximum absolute atomic E-state index is 12.9. The molecule has 0 fully saturated rings. The summed E-state index contributed by atoms with van der Waals surface area (Å²) < 4.78 is 49.3.